The van der Waals surface area contributed by atoms with Crippen molar-refractivity contribution in [2.45, 2.75) is 37.4 Å². The Morgan fingerprint density at radius 1 is 1.07 bits per heavy atom. The van der Waals surface area contributed by atoms with Gasteiger partial charge in [-0.3, -0.25) is 9.59 Å². The molecule has 150 valence electrons. The number of phenols is 1. The molecule has 1 aliphatic rings. The van der Waals surface area contributed by atoms with Crippen LogP contribution in [-0.4, -0.2) is 54.1 Å². The van der Waals surface area contributed by atoms with Crippen LogP contribution in [0.2, 0.25) is 0 Å². The second-order valence-electron chi connectivity index (χ2n) is 6.45. The second-order valence-corrected chi connectivity index (χ2v) is 9.24. The Morgan fingerprint density at radius 2 is 1.85 bits per heavy atom. The Balaban J connectivity index is 1.41. The highest BCUT2D eigenvalue weighted by molar-refractivity contribution is 8.77. The number of hydrogen-bond donors (Lipinski definition) is 4. The summed E-state index contributed by atoms with van der Waals surface area (Å²) in [6.45, 7) is 2.31. The molecule has 1 saturated heterocycles. The summed E-state index contributed by atoms with van der Waals surface area (Å²) in [5.74, 6) is 1.06. The van der Waals surface area contributed by atoms with Crippen molar-refractivity contribution in [1.29, 1.82) is 0 Å². The van der Waals surface area contributed by atoms with Crippen LogP contribution in [0.1, 0.15) is 42.5 Å². The molecule has 2 rings (SSSR count). The summed E-state index contributed by atoms with van der Waals surface area (Å²) in [6.07, 6.45) is 5.21. The maximum absolute atomic E-state index is 11.9. The highest BCUT2D eigenvalue weighted by Gasteiger charge is 2.15. The molecule has 0 saturated carbocycles. The second kappa shape index (κ2) is 12.9. The van der Waals surface area contributed by atoms with Crippen LogP contribution in [0.5, 0.6) is 5.75 Å². The fraction of sp³-hybridized carbons (Fsp3) is 0.579. The molecular formula is C19H29N3O3S2. The number of phenolic OH excluding ortho intramolecular Hbond substituents is 1. The van der Waals surface area contributed by atoms with E-state index >= 15 is 0 Å². The third kappa shape index (κ3) is 8.90. The Bertz CT molecular complexity index is 595. The molecule has 1 aromatic carbocycles. The van der Waals surface area contributed by atoms with Gasteiger partial charge in [-0.05, 0) is 31.4 Å². The average molecular weight is 412 g/mol. The van der Waals surface area contributed by atoms with Gasteiger partial charge in [-0.1, -0.05) is 40.1 Å². The number of aromatic hydroxyl groups is 1. The highest BCUT2D eigenvalue weighted by atomic mass is 33.1. The largest absolute Gasteiger partial charge is 0.507 e. The van der Waals surface area contributed by atoms with Crippen molar-refractivity contribution in [3.8, 4) is 5.75 Å². The third-order valence-electron chi connectivity index (χ3n) is 4.27. The van der Waals surface area contributed by atoms with Gasteiger partial charge in [0.25, 0.3) is 5.91 Å². The number of carbonyl (C=O) groups is 2. The first-order valence-electron chi connectivity index (χ1n) is 9.48. The molecule has 0 aliphatic carbocycles. The average Bonchev–Trinajstić information content (AvgIpc) is 3.18. The van der Waals surface area contributed by atoms with Crippen LogP contribution in [0.15, 0.2) is 24.3 Å². The minimum Gasteiger partial charge on any atom is -0.507 e. The van der Waals surface area contributed by atoms with E-state index in [4.69, 9.17) is 0 Å². The number of hydrogen-bond acceptors (Lipinski definition) is 6. The van der Waals surface area contributed by atoms with E-state index in [1.807, 2.05) is 21.6 Å². The minimum absolute atomic E-state index is 0.0217. The smallest absolute Gasteiger partial charge is 0.255 e. The molecule has 0 spiro atoms. The molecule has 4 N–H and O–H groups in total. The molecule has 8 heteroatoms. The first kappa shape index (κ1) is 21.9. The standard InChI is InChI=1S/C19H29N3O3S2/c23-17-7-3-2-6-16(17)19(25)22-13-11-20-10-12-21-18(24)8-4-1-5-15-9-14-26-27-15/h2-3,6-7,15,20,23H,1,4-5,8-14H2,(H,21,24)(H,22,25). The molecular weight excluding hydrogens is 382 g/mol. The minimum atomic E-state index is -0.294. The molecule has 1 aromatic rings. The normalized spacial score (nSPS) is 16.2. The van der Waals surface area contributed by atoms with Crippen LogP contribution >= 0.6 is 21.6 Å². The summed E-state index contributed by atoms with van der Waals surface area (Å²) in [5, 5.41) is 19.2. The molecule has 27 heavy (non-hydrogen) atoms. The van der Waals surface area contributed by atoms with Crippen molar-refractivity contribution in [3.05, 3.63) is 29.8 Å². The molecule has 2 amide bonds. The van der Waals surface area contributed by atoms with E-state index in [1.165, 1.54) is 24.7 Å². The molecule has 1 atom stereocenters. The van der Waals surface area contributed by atoms with Crippen LogP contribution in [0.4, 0.5) is 0 Å². The summed E-state index contributed by atoms with van der Waals surface area (Å²) in [4.78, 5) is 23.7. The molecule has 0 bridgehead atoms. The van der Waals surface area contributed by atoms with Crippen LogP contribution in [0.3, 0.4) is 0 Å². The summed E-state index contributed by atoms with van der Waals surface area (Å²) < 4.78 is 0. The maximum Gasteiger partial charge on any atom is 0.255 e. The first-order chi connectivity index (χ1) is 13.2. The van der Waals surface area contributed by atoms with Crippen molar-refractivity contribution >= 4 is 33.4 Å². The lowest BCUT2D eigenvalue weighted by Gasteiger charge is -2.09. The van der Waals surface area contributed by atoms with Gasteiger partial charge in [0.2, 0.25) is 5.91 Å². The van der Waals surface area contributed by atoms with Crippen molar-refractivity contribution in [3.63, 3.8) is 0 Å². The Kier molecular flexibility index (Phi) is 10.5. The number of amides is 2. The van der Waals surface area contributed by atoms with Crippen LogP contribution in [0.25, 0.3) is 0 Å². The molecule has 1 aliphatic heterocycles. The SMILES string of the molecule is O=C(CCCCC1CCSS1)NCCNCCNC(=O)c1ccccc1O. The van der Waals surface area contributed by atoms with Crippen LogP contribution < -0.4 is 16.0 Å². The number of rotatable bonds is 12. The fourth-order valence-corrected chi connectivity index (χ4v) is 5.78. The van der Waals surface area contributed by atoms with Gasteiger partial charge in [0.15, 0.2) is 0 Å². The monoisotopic (exact) mass is 411 g/mol. The molecule has 1 heterocycles. The van der Waals surface area contributed by atoms with Gasteiger partial charge < -0.3 is 21.1 Å². The summed E-state index contributed by atoms with van der Waals surface area (Å²) in [7, 11) is 3.96. The van der Waals surface area contributed by atoms with Gasteiger partial charge in [-0.25, -0.2) is 0 Å². The van der Waals surface area contributed by atoms with E-state index in [-0.39, 0.29) is 23.1 Å². The predicted molar refractivity (Wildman–Crippen MR) is 113 cm³/mol. The molecule has 0 radical (unpaired) electrons. The highest BCUT2D eigenvalue weighted by Crippen LogP contribution is 2.39. The number of carbonyl (C=O) groups excluding carboxylic acids is 2. The Morgan fingerprint density at radius 3 is 2.59 bits per heavy atom. The van der Waals surface area contributed by atoms with Crippen molar-refractivity contribution in [2.24, 2.45) is 0 Å². The predicted octanol–water partition coefficient (Wildman–Crippen LogP) is 2.54. The van der Waals surface area contributed by atoms with Gasteiger partial charge >= 0.3 is 0 Å². The van der Waals surface area contributed by atoms with E-state index < -0.39 is 0 Å². The van der Waals surface area contributed by atoms with Crippen molar-refractivity contribution in [1.82, 2.24) is 16.0 Å². The van der Waals surface area contributed by atoms with E-state index in [2.05, 4.69) is 16.0 Å². The zero-order valence-corrected chi connectivity index (χ0v) is 17.2. The maximum atomic E-state index is 11.9. The van der Waals surface area contributed by atoms with Gasteiger partial charge in [-0.15, -0.1) is 0 Å². The van der Waals surface area contributed by atoms with Gasteiger partial charge in [0.1, 0.15) is 5.75 Å². The van der Waals surface area contributed by atoms with Gasteiger partial charge in [-0.2, -0.15) is 0 Å². The van der Waals surface area contributed by atoms with E-state index in [0.717, 1.165) is 18.1 Å². The topological polar surface area (TPSA) is 90.5 Å². The third-order valence-corrected chi connectivity index (χ3v) is 7.27. The van der Waals surface area contributed by atoms with Crippen LogP contribution in [-0.2, 0) is 4.79 Å². The molecule has 1 unspecified atom stereocenters. The van der Waals surface area contributed by atoms with E-state index in [1.54, 1.807) is 18.2 Å². The lowest BCUT2D eigenvalue weighted by molar-refractivity contribution is -0.121. The summed E-state index contributed by atoms with van der Waals surface area (Å²) >= 11 is 0. The zero-order valence-electron chi connectivity index (χ0n) is 15.5. The zero-order chi connectivity index (χ0) is 19.3. The number of unbranched alkanes of at least 4 members (excludes halogenated alkanes) is 1. The lowest BCUT2D eigenvalue weighted by Crippen LogP contribution is -2.36. The number of benzene rings is 1. The summed E-state index contributed by atoms with van der Waals surface area (Å²) in [6, 6.07) is 6.46. The van der Waals surface area contributed by atoms with Crippen molar-refractivity contribution < 1.29 is 14.7 Å². The number of para-hydroxylation sites is 1. The van der Waals surface area contributed by atoms with E-state index in [9.17, 15) is 14.7 Å². The van der Waals surface area contributed by atoms with E-state index in [0.29, 0.717) is 32.6 Å². The van der Waals surface area contributed by atoms with Gasteiger partial charge in [0.05, 0.1) is 5.56 Å². The Labute approximate surface area is 169 Å². The number of nitrogens with one attached hydrogen (secondary N) is 3. The molecule has 0 aromatic heterocycles. The van der Waals surface area contributed by atoms with Crippen LogP contribution in [0, 0.1) is 0 Å². The lowest BCUT2D eigenvalue weighted by atomic mass is 10.1. The molecule has 6 nitrogen and oxygen atoms in total. The summed E-state index contributed by atoms with van der Waals surface area (Å²) in [5.41, 5.74) is 0.273. The van der Waals surface area contributed by atoms with Crippen molar-refractivity contribution in [2.75, 3.05) is 31.9 Å². The quantitative estimate of drug-likeness (QED) is 0.312. The molecule has 1 fully saturated rings. The fourth-order valence-electron chi connectivity index (χ4n) is 2.75. The Hall–Kier alpha value is -1.38. The van der Waals surface area contributed by atoms with Gasteiger partial charge in [0, 0.05) is 43.6 Å². The first-order valence-corrected chi connectivity index (χ1v) is 11.9.